The minimum atomic E-state index is -3.47. The molecule has 0 atom stereocenters. The predicted octanol–water partition coefficient (Wildman–Crippen LogP) is 3.31. The summed E-state index contributed by atoms with van der Waals surface area (Å²) in [5.41, 5.74) is 2.34. The second-order valence-electron chi connectivity index (χ2n) is 6.35. The number of aryl methyl sites for hydroxylation is 2. The molecule has 0 aliphatic carbocycles. The van der Waals surface area contributed by atoms with Gasteiger partial charge in [-0.3, -0.25) is 0 Å². The Balaban J connectivity index is 1.76. The maximum absolute atomic E-state index is 12.5. The average Bonchev–Trinajstić information content (AvgIpc) is 3.09. The molecule has 6 heteroatoms. The number of esters is 1. The molecule has 0 saturated carbocycles. The molecule has 132 valence electrons. The van der Waals surface area contributed by atoms with Gasteiger partial charge in [0.2, 0.25) is 10.0 Å². The van der Waals surface area contributed by atoms with Crippen LogP contribution in [0.3, 0.4) is 0 Å². The minimum Gasteiger partial charge on any atom is -0.423 e. The third-order valence-corrected chi connectivity index (χ3v) is 6.11. The molecule has 1 saturated heterocycles. The Kier molecular flexibility index (Phi) is 4.92. The lowest BCUT2D eigenvalue weighted by molar-refractivity contribution is 0.0734. The number of hydrogen-bond acceptors (Lipinski definition) is 4. The van der Waals surface area contributed by atoms with Crippen molar-refractivity contribution in [2.24, 2.45) is 0 Å². The molecule has 1 aliphatic rings. The minimum absolute atomic E-state index is 0.206. The summed E-state index contributed by atoms with van der Waals surface area (Å²) in [5.74, 6) is -0.0219. The SMILES string of the molecule is Cc1cc(C)cc(OC(=O)c2ccc(S(=O)(=O)N3CCCC3)cc2)c1. The summed E-state index contributed by atoms with van der Waals surface area (Å²) in [6.07, 6.45) is 1.78. The highest BCUT2D eigenvalue weighted by Gasteiger charge is 2.27. The molecule has 0 unspecified atom stereocenters. The molecule has 5 nitrogen and oxygen atoms in total. The third kappa shape index (κ3) is 3.91. The van der Waals surface area contributed by atoms with E-state index in [-0.39, 0.29) is 4.90 Å². The monoisotopic (exact) mass is 359 g/mol. The molecule has 1 fully saturated rings. The molecule has 0 bridgehead atoms. The molecular weight excluding hydrogens is 338 g/mol. The first kappa shape index (κ1) is 17.6. The summed E-state index contributed by atoms with van der Waals surface area (Å²) in [6.45, 7) is 4.97. The van der Waals surface area contributed by atoms with Gasteiger partial charge in [0.1, 0.15) is 5.75 Å². The first-order chi connectivity index (χ1) is 11.9. The van der Waals surface area contributed by atoms with Gasteiger partial charge in [-0.25, -0.2) is 13.2 Å². The van der Waals surface area contributed by atoms with Crippen LogP contribution in [0.4, 0.5) is 0 Å². The molecule has 0 spiro atoms. The summed E-state index contributed by atoms with van der Waals surface area (Å²) in [7, 11) is -3.47. The van der Waals surface area contributed by atoms with Crippen LogP contribution in [0.25, 0.3) is 0 Å². The van der Waals surface area contributed by atoms with Crippen LogP contribution in [0, 0.1) is 13.8 Å². The zero-order chi connectivity index (χ0) is 18.0. The maximum Gasteiger partial charge on any atom is 0.343 e. The summed E-state index contributed by atoms with van der Waals surface area (Å²) >= 11 is 0. The molecule has 0 amide bonds. The van der Waals surface area contributed by atoms with E-state index in [0.717, 1.165) is 24.0 Å². The van der Waals surface area contributed by atoms with Crippen LogP contribution < -0.4 is 4.74 Å². The quantitative estimate of drug-likeness (QED) is 0.621. The van der Waals surface area contributed by atoms with Gasteiger partial charge in [0.15, 0.2) is 0 Å². The number of benzene rings is 2. The van der Waals surface area contributed by atoms with Crippen molar-refractivity contribution >= 4 is 16.0 Å². The van der Waals surface area contributed by atoms with Gasteiger partial charge in [0.25, 0.3) is 0 Å². The molecule has 0 radical (unpaired) electrons. The lowest BCUT2D eigenvalue weighted by atomic mass is 10.1. The number of carbonyl (C=O) groups excluding carboxylic acids is 1. The fourth-order valence-electron chi connectivity index (χ4n) is 3.00. The van der Waals surface area contributed by atoms with Crippen LogP contribution in [0.15, 0.2) is 47.4 Å². The summed E-state index contributed by atoms with van der Waals surface area (Å²) < 4.78 is 31.9. The van der Waals surface area contributed by atoms with Crippen molar-refractivity contribution in [1.29, 1.82) is 0 Å². The van der Waals surface area contributed by atoms with Gasteiger partial charge in [-0.1, -0.05) is 6.07 Å². The standard InChI is InChI=1S/C19H21NO4S/c1-14-11-15(2)13-17(12-14)24-19(21)16-5-7-18(8-6-16)25(22,23)20-9-3-4-10-20/h5-8,11-13H,3-4,9-10H2,1-2H3. The topological polar surface area (TPSA) is 63.7 Å². The van der Waals surface area contributed by atoms with E-state index in [1.807, 2.05) is 19.9 Å². The van der Waals surface area contributed by atoms with Crippen molar-refractivity contribution in [3.05, 3.63) is 59.2 Å². The van der Waals surface area contributed by atoms with Gasteiger partial charge < -0.3 is 4.74 Å². The number of rotatable bonds is 4. The van der Waals surface area contributed by atoms with Crippen LogP contribution in [-0.2, 0) is 10.0 Å². The Morgan fingerprint density at radius 1 is 0.960 bits per heavy atom. The number of sulfonamides is 1. The van der Waals surface area contributed by atoms with Gasteiger partial charge in [-0.15, -0.1) is 0 Å². The average molecular weight is 359 g/mol. The maximum atomic E-state index is 12.5. The molecule has 2 aromatic rings. The van der Waals surface area contributed by atoms with E-state index in [1.165, 1.54) is 28.6 Å². The fraction of sp³-hybridized carbons (Fsp3) is 0.316. The summed E-state index contributed by atoms with van der Waals surface area (Å²) in [5, 5.41) is 0. The highest BCUT2D eigenvalue weighted by Crippen LogP contribution is 2.22. The Hall–Kier alpha value is -2.18. The lowest BCUT2D eigenvalue weighted by Gasteiger charge is -2.15. The molecule has 1 heterocycles. The van der Waals surface area contributed by atoms with Crippen LogP contribution in [0.5, 0.6) is 5.75 Å². The summed E-state index contributed by atoms with van der Waals surface area (Å²) in [6, 6.07) is 11.5. The highest BCUT2D eigenvalue weighted by molar-refractivity contribution is 7.89. The van der Waals surface area contributed by atoms with Crippen molar-refractivity contribution in [1.82, 2.24) is 4.31 Å². The number of ether oxygens (including phenoxy) is 1. The van der Waals surface area contributed by atoms with Crippen molar-refractivity contribution in [3.8, 4) is 5.75 Å². The fourth-order valence-corrected chi connectivity index (χ4v) is 4.52. The molecule has 2 aromatic carbocycles. The molecule has 1 aliphatic heterocycles. The highest BCUT2D eigenvalue weighted by atomic mass is 32.2. The van der Waals surface area contributed by atoms with E-state index in [9.17, 15) is 13.2 Å². The molecule has 25 heavy (non-hydrogen) atoms. The number of carbonyl (C=O) groups is 1. The smallest absolute Gasteiger partial charge is 0.343 e. The molecule has 0 aromatic heterocycles. The van der Waals surface area contributed by atoms with E-state index < -0.39 is 16.0 Å². The zero-order valence-electron chi connectivity index (χ0n) is 14.4. The van der Waals surface area contributed by atoms with Crippen LogP contribution in [-0.4, -0.2) is 31.8 Å². The number of hydrogen-bond donors (Lipinski definition) is 0. The Morgan fingerprint density at radius 3 is 2.08 bits per heavy atom. The van der Waals surface area contributed by atoms with Crippen molar-refractivity contribution in [2.75, 3.05) is 13.1 Å². The normalized spacial score (nSPS) is 15.3. The molecule has 3 rings (SSSR count). The van der Waals surface area contributed by atoms with Crippen LogP contribution >= 0.6 is 0 Å². The van der Waals surface area contributed by atoms with E-state index in [0.29, 0.717) is 24.4 Å². The molecular formula is C19H21NO4S. The van der Waals surface area contributed by atoms with Gasteiger partial charge >= 0.3 is 5.97 Å². The van der Waals surface area contributed by atoms with Gasteiger partial charge in [-0.05, 0) is 74.2 Å². The largest absolute Gasteiger partial charge is 0.423 e. The van der Waals surface area contributed by atoms with E-state index in [4.69, 9.17) is 4.74 Å². The van der Waals surface area contributed by atoms with Crippen molar-refractivity contribution < 1.29 is 17.9 Å². The Morgan fingerprint density at radius 2 is 1.52 bits per heavy atom. The van der Waals surface area contributed by atoms with Gasteiger partial charge in [0, 0.05) is 13.1 Å². The lowest BCUT2D eigenvalue weighted by Crippen LogP contribution is -2.27. The Bertz CT molecular complexity index is 862. The van der Waals surface area contributed by atoms with Crippen molar-refractivity contribution in [2.45, 2.75) is 31.6 Å². The van der Waals surface area contributed by atoms with Crippen LogP contribution in [0.1, 0.15) is 34.3 Å². The second-order valence-corrected chi connectivity index (χ2v) is 8.29. The van der Waals surface area contributed by atoms with Gasteiger partial charge in [-0.2, -0.15) is 4.31 Å². The number of nitrogens with zero attached hydrogens (tertiary/aromatic N) is 1. The first-order valence-electron chi connectivity index (χ1n) is 8.27. The van der Waals surface area contributed by atoms with Crippen LogP contribution in [0.2, 0.25) is 0 Å². The first-order valence-corrected chi connectivity index (χ1v) is 9.71. The predicted molar refractivity (Wildman–Crippen MR) is 95.3 cm³/mol. The summed E-state index contributed by atoms with van der Waals surface area (Å²) in [4.78, 5) is 12.5. The molecule has 0 N–H and O–H groups in total. The van der Waals surface area contributed by atoms with E-state index in [1.54, 1.807) is 12.1 Å². The van der Waals surface area contributed by atoms with Crippen molar-refractivity contribution in [3.63, 3.8) is 0 Å². The third-order valence-electron chi connectivity index (χ3n) is 4.20. The Labute approximate surface area is 148 Å². The van der Waals surface area contributed by atoms with Gasteiger partial charge in [0.05, 0.1) is 10.5 Å². The van der Waals surface area contributed by atoms with E-state index in [2.05, 4.69) is 0 Å². The zero-order valence-corrected chi connectivity index (χ0v) is 15.2. The second kappa shape index (κ2) is 6.98. The van der Waals surface area contributed by atoms with E-state index >= 15 is 0 Å².